The van der Waals surface area contributed by atoms with Crippen molar-refractivity contribution in [3.63, 3.8) is 0 Å². The zero-order valence-corrected chi connectivity index (χ0v) is 14.4. The lowest BCUT2D eigenvalue weighted by molar-refractivity contribution is -0.128. The Balaban J connectivity index is 1.44. The van der Waals surface area contributed by atoms with Gasteiger partial charge in [0.2, 0.25) is 11.8 Å². The number of anilines is 1. The summed E-state index contributed by atoms with van der Waals surface area (Å²) in [5.74, 6) is -0.155. The number of nitrogens with one attached hydrogen (secondary N) is 2. The number of fused-ring (bicyclic) bond motifs is 1. The maximum atomic E-state index is 12.8. The first kappa shape index (κ1) is 16.4. The van der Waals surface area contributed by atoms with Crippen LogP contribution in [0.1, 0.15) is 18.4 Å². The molecule has 1 atom stereocenters. The summed E-state index contributed by atoms with van der Waals surface area (Å²) >= 11 is 0. The monoisotopic (exact) mass is 347 g/mol. The SMILES string of the molecule is O=C(Cc1c[nH]c2ccccc12)NC1CCCN(c2ccccc2)C1=O. The first-order valence-electron chi connectivity index (χ1n) is 8.93. The van der Waals surface area contributed by atoms with E-state index in [0.29, 0.717) is 13.0 Å². The molecule has 5 nitrogen and oxygen atoms in total. The fourth-order valence-electron chi connectivity index (χ4n) is 3.57. The smallest absolute Gasteiger partial charge is 0.249 e. The van der Waals surface area contributed by atoms with E-state index in [2.05, 4.69) is 10.3 Å². The second-order valence-electron chi connectivity index (χ2n) is 6.62. The molecule has 1 fully saturated rings. The number of aromatic nitrogens is 1. The highest BCUT2D eigenvalue weighted by Gasteiger charge is 2.30. The molecule has 1 saturated heterocycles. The van der Waals surface area contributed by atoms with Gasteiger partial charge in [0.15, 0.2) is 0 Å². The molecule has 0 bridgehead atoms. The van der Waals surface area contributed by atoms with Crippen LogP contribution in [-0.4, -0.2) is 29.4 Å². The van der Waals surface area contributed by atoms with Gasteiger partial charge in [0.25, 0.3) is 0 Å². The van der Waals surface area contributed by atoms with Gasteiger partial charge in [-0.2, -0.15) is 0 Å². The van der Waals surface area contributed by atoms with Crippen LogP contribution in [-0.2, 0) is 16.0 Å². The maximum Gasteiger partial charge on any atom is 0.249 e. The van der Waals surface area contributed by atoms with E-state index < -0.39 is 6.04 Å². The molecule has 1 aromatic heterocycles. The summed E-state index contributed by atoms with van der Waals surface area (Å²) in [6.07, 6.45) is 3.68. The van der Waals surface area contributed by atoms with Gasteiger partial charge in [-0.3, -0.25) is 9.59 Å². The summed E-state index contributed by atoms with van der Waals surface area (Å²) in [5, 5.41) is 3.97. The minimum atomic E-state index is -0.457. The van der Waals surface area contributed by atoms with E-state index in [0.717, 1.165) is 28.6 Å². The number of carbonyl (C=O) groups is 2. The third-order valence-corrected chi connectivity index (χ3v) is 4.87. The molecule has 2 heterocycles. The predicted octanol–water partition coefficient (Wildman–Crippen LogP) is 3.02. The molecule has 2 amide bonds. The Morgan fingerprint density at radius 2 is 1.88 bits per heavy atom. The maximum absolute atomic E-state index is 12.8. The van der Waals surface area contributed by atoms with Gasteiger partial charge in [0, 0.05) is 29.3 Å². The van der Waals surface area contributed by atoms with Crippen LogP contribution in [0.25, 0.3) is 10.9 Å². The molecule has 4 rings (SSSR count). The van der Waals surface area contributed by atoms with Gasteiger partial charge in [-0.25, -0.2) is 0 Å². The number of hydrogen-bond donors (Lipinski definition) is 2. The molecule has 0 aliphatic carbocycles. The number of hydrogen-bond acceptors (Lipinski definition) is 2. The number of H-pyrrole nitrogens is 1. The number of nitrogens with zero attached hydrogens (tertiary/aromatic N) is 1. The lowest BCUT2D eigenvalue weighted by Crippen LogP contribution is -2.52. The molecule has 1 unspecified atom stereocenters. The highest BCUT2D eigenvalue weighted by Crippen LogP contribution is 2.21. The summed E-state index contributed by atoms with van der Waals surface area (Å²) in [6, 6.07) is 17.1. The van der Waals surface area contributed by atoms with E-state index in [1.807, 2.05) is 60.8 Å². The molecule has 0 saturated carbocycles. The zero-order valence-electron chi connectivity index (χ0n) is 14.4. The molecule has 3 aromatic rings. The van der Waals surface area contributed by atoms with Crippen molar-refractivity contribution in [1.29, 1.82) is 0 Å². The Morgan fingerprint density at radius 1 is 1.12 bits per heavy atom. The summed E-state index contributed by atoms with van der Waals surface area (Å²) in [4.78, 5) is 30.2. The number of rotatable bonds is 4. The number of carbonyl (C=O) groups excluding carboxylic acids is 2. The molecule has 0 spiro atoms. The van der Waals surface area contributed by atoms with Crippen LogP contribution in [0.2, 0.25) is 0 Å². The molecule has 2 aromatic carbocycles. The van der Waals surface area contributed by atoms with Crippen LogP contribution in [0, 0.1) is 0 Å². The Labute approximate surface area is 152 Å². The normalized spacial score (nSPS) is 17.5. The Morgan fingerprint density at radius 3 is 2.73 bits per heavy atom. The summed E-state index contributed by atoms with van der Waals surface area (Å²) < 4.78 is 0. The highest BCUT2D eigenvalue weighted by atomic mass is 16.2. The van der Waals surface area contributed by atoms with Crippen LogP contribution >= 0.6 is 0 Å². The number of amides is 2. The number of para-hydroxylation sites is 2. The van der Waals surface area contributed by atoms with E-state index in [1.165, 1.54) is 0 Å². The van der Waals surface area contributed by atoms with E-state index in [9.17, 15) is 9.59 Å². The Hall–Kier alpha value is -3.08. The van der Waals surface area contributed by atoms with Crippen molar-refractivity contribution < 1.29 is 9.59 Å². The third kappa shape index (κ3) is 3.20. The Bertz CT molecular complexity index is 933. The lowest BCUT2D eigenvalue weighted by Gasteiger charge is -2.32. The number of piperidine rings is 1. The largest absolute Gasteiger partial charge is 0.361 e. The van der Waals surface area contributed by atoms with E-state index >= 15 is 0 Å². The molecule has 132 valence electrons. The molecule has 2 N–H and O–H groups in total. The van der Waals surface area contributed by atoms with E-state index in [4.69, 9.17) is 0 Å². The van der Waals surface area contributed by atoms with Gasteiger partial charge in [-0.1, -0.05) is 36.4 Å². The van der Waals surface area contributed by atoms with Crippen LogP contribution in [0.4, 0.5) is 5.69 Å². The molecule has 1 aliphatic heterocycles. The molecule has 0 radical (unpaired) electrons. The first-order valence-corrected chi connectivity index (χ1v) is 8.93. The van der Waals surface area contributed by atoms with Gasteiger partial charge < -0.3 is 15.2 Å². The minimum Gasteiger partial charge on any atom is -0.361 e. The summed E-state index contributed by atoms with van der Waals surface area (Å²) in [5.41, 5.74) is 2.84. The van der Waals surface area contributed by atoms with Gasteiger partial charge in [-0.05, 0) is 36.6 Å². The second-order valence-corrected chi connectivity index (χ2v) is 6.62. The first-order chi connectivity index (χ1) is 12.7. The van der Waals surface area contributed by atoms with Crippen LogP contribution < -0.4 is 10.2 Å². The van der Waals surface area contributed by atoms with Crippen molar-refractivity contribution in [2.24, 2.45) is 0 Å². The van der Waals surface area contributed by atoms with Crippen molar-refractivity contribution in [2.75, 3.05) is 11.4 Å². The van der Waals surface area contributed by atoms with Crippen molar-refractivity contribution >= 4 is 28.4 Å². The molecule has 26 heavy (non-hydrogen) atoms. The average molecular weight is 347 g/mol. The van der Waals surface area contributed by atoms with Crippen LogP contribution in [0.15, 0.2) is 60.8 Å². The molecular formula is C21H21N3O2. The lowest BCUT2D eigenvalue weighted by atomic mass is 10.0. The summed E-state index contributed by atoms with van der Waals surface area (Å²) in [6.45, 7) is 0.692. The van der Waals surface area contributed by atoms with Crippen molar-refractivity contribution in [2.45, 2.75) is 25.3 Å². The number of benzene rings is 2. The van der Waals surface area contributed by atoms with E-state index in [1.54, 1.807) is 4.90 Å². The Kier molecular flexibility index (Phi) is 4.44. The van der Waals surface area contributed by atoms with Gasteiger partial charge in [-0.15, -0.1) is 0 Å². The van der Waals surface area contributed by atoms with Gasteiger partial charge in [0.1, 0.15) is 6.04 Å². The molecule has 5 heteroatoms. The van der Waals surface area contributed by atoms with Gasteiger partial charge >= 0.3 is 0 Å². The zero-order chi connectivity index (χ0) is 17.9. The quantitative estimate of drug-likeness (QED) is 0.762. The van der Waals surface area contributed by atoms with Crippen LogP contribution in [0.5, 0.6) is 0 Å². The third-order valence-electron chi connectivity index (χ3n) is 4.87. The minimum absolute atomic E-state index is 0.0327. The summed E-state index contributed by atoms with van der Waals surface area (Å²) in [7, 11) is 0. The fourth-order valence-corrected chi connectivity index (χ4v) is 3.57. The second kappa shape index (κ2) is 7.04. The fraction of sp³-hybridized carbons (Fsp3) is 0.238. The van der Waals surface area contributed by atoms with Crippen molar-refractivity contribution in [1.82, 2.24) is 10.3 Å². The van der Waals surface area contributed by atoms with Crippen molar-refractivity contribution in [3.8, 4) is 0 Å². The van der Waals surface area contributed by atoms with Crippen LogP contribution in [0.3, 0.4) is 0 Å². The van der Waals surface area contributed by atoms with Gasteiger partial charge in [0.05, 0.1) is 6.42 Å². The highest BCUT2D eigenvalue weighted by molar-refractivity contribution is 6.00. The topological polar surface area (TPSA) is 65.2 Å². The number of aromatic amines is 1. The predicted molar refractivity (Wildman–Crippen MR) is 102 cm³/mol. The molecule has 1 aliphatic rings. The van der Waals surface area contributed by atoms with Crippen molar-refractivity contribution in [3.05, 3.63) is 66.4 Å². The van der Waals surface area contributed by atoms with E-state index in [-0.39, 0.29) is 18.2 Å². The average Bonchev–Trinajstić information content (AvgIpc) is 3.07. The molecular weight excluding hydrogens is 326 g/mol. The standard InChI is InChI=1S/C21H21N3O2/c25-20(13-15-14-22-18-10-5-4-9-17(15)18)23-19-11-6-12-24(21(19)26)16-7-2-1-3-8-16/h1-5,7-10,14,19,22H,6,11-13H2,(H,23,25).